The molecule has 1 aromatic carbocycles. The number of anilines is 1. The highest BCUT2D eigenvalue weighted by Gasteiger charge is 2.15. The molecule has 0 aliphatic carbocycles. The number of carbonyl (C=O) groups excluding carboxylic acids is 4. The fourth-order valence-corrected chi connectivity index (χ4v) is 1.46. The van der Waals surface area contributed by atoms with Crippen LogP contribution >= 0.6 is 0 Å². The molecule has 22 heavy (non-hydrogen) atoms. The van der Waals surface area contributed by atoms with Gasteiger partial charge >= 0.3 is 0 Å². The maximum absolute atomic E-state index is 12.1. The molecule has 0 heterocycles. The van der Waals surface area contributed by atoms with Crippen molar-refractivity contribution < 1.29 is 23.9 Å². The minimum Gasteiger partial charge on any atom is -0.496 e. The van der Waals surface area contributed by atoms with Gasteiger partial charge in [0.05, 0.1) is 12.7 Å². The van der Waals surface area contributed by atoms with Crippen LogP contribution < -0.4 is 20.9 Å². The number of methoxy groups -OCH3 is 1. The summed E-state index contributed by atoms with van der Waals surface area (Å²) in [5, 5.41) is 2.29. The number of aldehydes is 1. The Kier molecular flexibility index (Phi) is 6.06. The van der Waals surface area contributed by atoms with Crippen molar-refractivity contribution in [1.82, 2.24) is 10.9 Å². The van der Waals surface area contributed by atoms with E-state index in [1.54, 1.807) is 13.8 Å². The molecule has 1 aromatic rings. The lowest BCUT2D eigenvalue weighted by Crippen LogP contribution is -2.43. The van der Waals surface area contributed by atoms with Gasteiger partial charge in [0.15, 0.2) is 0 Å². The Morgan fingerprint density at radius 3 is 2.41 bits per heavy atom. The van der Waals surface area contributed by atoms with Crippen LogP contribution in [-0.4, -0.2) is 31.1 Å². The van der Waals surface area contributed by atoms with E-state index in [4.69, 9.17) is 4.74 Å². The Labute approximate surface area is 127 Å². The zero-order valence-corrected chi connectivity index (χ0v) is 12.4. The fraction of sp³-hybridized carbons (Fsp3) is 0.286. The molecule has 8 nitrogen and oxygen atoms in total. The fourth-order valence-electron chi connectivity index (χ4n) is 1.46. The van der Waals surface area contributed by atoms with Gasteiger partial charge in [-0.15, -0.1) is 0 Å². The second kappa shape index (κ2) is 7.77. The Hall–Kier alpha value is -2.90. The minimum atomic E-state index is -0.843. The third-order valence-corrected chi connectivity index (χ3v) is 2.64. The van der Waals surface area contributed by atoms with Crippen molar-refractivity contribution in [3.8, 4) is 5.75 Å². The lowest BCUT2D eigenvalue weighted by atomic mass is 10.1. The number of hydrogen-bond donors (Lipinski definition) is 3. The molecular formula is C14H17N3O5. The molecule has 0 spiro atoms. The van der Waals surface area contributed by atoms with Crippen molar-refractivity contribution in [2.45, 2.75) is 13.8 Å². The van der Waals surface area contributed by atoms with Crippen molar-refractivity contribution in [2.24, 2.45) is 5.92 Å². The zero-order valence-electron chi connectivity index (χ0n) is 12.4. The average Bonchev–Trinajstić information content (AvgIpc) is 2.51. The molecule has 0 bridgehead atoms. The van der Waals surface area contributed by atoms with Crippen LogP contribution in [0.1, 0.15) is 24.2 Å². The molecule has 0 unspecified atom stereocenters. The Morgan fingerprint density at radius 2 is 1.86 bits per heavy atom. The molecule has 0 aromatic heterocycles. The number of rotatable bonds is 5. The zero-order chi connectivity index (χ0) is 16.7. The van der Waals surface area contributed by atoms with E-state index in [9.17, 15) is 19.2 Å². The van der Waals surface area contributed by atoms with Crippen molar-refractivity contribution in [3.05, 3.63) is 23.8 Å². The lowest BCUT2D eigenvalue weighted by Gasteiger charge is -2.13. The summed E-state index contributed by atoms with van der Waals surface area (Å²) < 4.78 is 5.05. The largest absolute Gasteiger partial charge is 0.496 e. The van der Waals surface area contributed by atoms with Crippen LogP contribution in [0, 0.1) is 5.92 Å². The van der Waals surface area contributed by atoms with Crippen LogP contribution in [0.3, 0.4) is 0 Å². The average molecular weight is 307 g/mol. The number of benzene rings is 1. The number of hydrogen-bond acceptors (Lipinski definition) is 5. The molecule has 0 fully saturated rings. The van der Waals surface area contributed by atoms with E-state index < -0.39 is 11.8 Å². The minimum absolute atomic E-state index is 0.0928. The molecule has 0 aliphatic heterocycles. The summed E-state index contributed by atoms with van der Waals surface area (Å²) >= 11 is 0. The van der Waals surface area contributed by atoms with Crippen LogP contribution in [0.4, 0.5) is 5.69 Å². The second-order valence-electron chi connectivity index (χ2n) is 4.62. The molecule has 3 N–H and O–H groups in total. The van der Waals surface area contributed by atoms with E-state index in [2.05, 4.69) is 16.2 Å². The summed E-state index contributed by atoms with van der Waals surface area (Å²) in [5.74, 6) is -1.85. The van der Waals surface area contributed by atoms with Gasteiger partial charge in [0.25, 0.3) is 11.8 Å². The van der Waals surface area contributed by atoms with Crippen molar-refractivity contribution in [2.75, 3.05) is 12.4 Å². The van der Waals surface area contributed by atoms with Gasteiger partial charge in [0.2, 0.25) is 12.2 Å². The standard InChI is InChI=1S/C14H17N3O5/c1-8(2)13(20)16-17-14(21)10-6-9(15-12(19)7-18)4-5-11(10)22-3/h4-8H,1-3H3,(H,15,19)(H,16,20)(H,17,21). The highest BCUT2D eigenvalue weighted by Crippen LogP contribution is 2.22. The van der Waals surface area contributed by atoms with E-state index in [-0.39, 0.29) is 35.1 Å². The molecule has 0 saturated heterocycles. The van der Waals surface area contributed by atoms with Crippen LogP contribution in [0.25, 0.3) is 0 Å². The number of hydrazine groups is 1. The predicted molar refractivity (Wildman–Crippen MR) is 78.1 cm³/mol. The SMILES string of the molecule is COc1ccc(NC(=O)C=O)cc1C(=O)NNC(=O)C(C)C. The molecule has 0 atom stereocenters. The molecular weight excluding hydrogens is 290 g/mol. The maximum Gasteiger partial charge on any atom is 0.288 e. The van der Waals surface area contributed by atoms with E-state index in [0.717, 1.165) is 0 Å². The van der Waals surface area contributed by atoms with Gasteiger partial charge in [0.1, 0.15) is 5.75 Å². The molecule has 0 saturated carbocycles. The lowest BCUT2D eigenvalue weighted by molar-refractivity contribution is -0.127. The van der Waals surface area contributed by atoms with Gasteiger partial charge in [-0.1, -0.05) is 13.8 Å². The summed E-state index contributed by atoms with van der Waals surface area (Å²) in [6.07, 6.45) is 0.118. The second-order valence-corrected chi connectivity index (χ2v) is 4.62. The van der Waals surface area contributed by atoms with Crippen molar-refractivity contribution in [1.29, 1.82) is 0 Å². The summed E-state index contributed by atoms with van der Waals surface area (Å²) in [5.41, 5.74) is 4.86. The van der Waals surface area contributed by atoms with Gasteiger partial charge < -0.3 is 10.1 Å². The van der Waals surface area contributed by atoms with Crippen molar-refractivity contribution in [3.63, 3.8) is 0 Å². The molecule has 118 valence electrons. The number of nitrogens with one attached hydrogen (secondary N) is 3. The summed E-state index contributed by atoms with van der Waals surface area (Å²) in [6, 6.07) is 4.26. The third kappa shape index (κ3) is 4.58. The van der Waals surface area contributed by atoms with E-state index in [1.165, 1.54) is 25.3 Å². The quantitative estimate of drug-likeness (QED) is 0.410. The molecule has 8 heteroatoms. The first kappa shape index (κ1) is 17.2. The summed E-state index contributed by atoms with van der Waals surface area (Å²) in [4.78, 5) is 44.9. The highest BCUT2D eigenvalue weighted by molar-refractivity contribution is 6.29. The van der Waals surface area contributed by atoms with Crippen molar-refractivity contribution >= 4 is 29.7 Å². The number of carbonyl (C=O) groups is 4. The molecule has 3 amide bonds. The van der Waals surface area contributed by atoms with E-state index in [0.29, 0.717) is 0 Å². The van der Waals surface area contributed by atoms with E-state index in [1.807, 2.05) is 0 Å². The van der Waals surface area contributed by atoms with Crippen LogP contribution in [0.15, 0.2) is 18.2 Å². The smallest absolute Gasteiger partial charge is 0.288 e. The summed E-state index contributed by atoms with van der Waals surface area (Å²) in [7, 11) is 1.38. The Morgan fingerprint density at radius 1 is 1.18 bits per heavy atom. The first-order valence-corrected chi connectivity index (χ1v) is 6.43. The highest BCUT2D eigenvalue weighted by atomic mass is 16.5. The number of amides is 3. The first-order chi connectivity index (χ1) is 10.4. The topological polar surface area (TPSA) is 114 Å². The van der Waals surface area contributed by atoms with Crippen LogP contribution in [-0.2, 0) is 14.4 Å². The summed E-state index contributed by atoms with van der Waals surface area (Å²) in [6.45, 7) is 3.36. The monoisotopic (exact) mass is 307 g/mol. The van der Waals surface area contributed by atoms with Crippen LogP contribution in [0.2, 0.25) is 0 Å². The van der Waals surface area contributed by atoms with Gasteiger partial charge in [-0.2, -0.15) is 0 Å². The molecule has 0 radical (unpaired) electrons. The molecule has 0 aliphatic rings. The predicted octanol–water partition coefficient (Wildman–Crippen LogP) is 0.250. The van der Waals surface area contributed by atoms with E-state index >= 15 is 0 Å². The Bertz CT molecular complexity index is 598. The maximum atomic E-state index is 12.1. The normalized spacial score (nSPS) is 9.82. The number of ether oxygens (including phenoxy) is 1. The Balaban J connectivity index is 2.92. The van der Waals surface area contributed by atoms with Gasteiger partial charge in [-0.05, 0) is 18.2 Å². The molecule has 1 rings (SSSR count). The first-order valence-electron chi connectivity index (χ1n) is 6.43. The third-order valence-electron chi connectivity index (χ3n) is 2.64. The van der Waals surface area contributed by atoms with Crippen LogP contribution in [0.5, 0.6) is 5.75 Å². The van der Waals surface area contributed by atoms with Gasteiger partial charge in [-0.3, -0.25) is 30.0 Å². The van der Waals surface area contributed by atoms with Gasteiger partial charge in [-0.25, -0.2) is 0 Å². The van der Waals surface area contributed by atoms with Gasteiger partial charge in [0, 0.05) is 11.6 Å².